The van der Waals surface area contributed by atoms with Gasteiger partial charge < -0.3 is 15.4 Å². The number of carbonyl (C=O) groups is 2. The van der Waals surface area contributed by atoms with E-state index in [2.05, 4.69) is 15.7 Å². The number of nitrogens with zero attached hydrogens (tertiary/aromatic N) is 2. The average molecular weight is 323 g/mol. The van der Waals surface area contributed by atoms with Gasteiger partial charge in [-0.1, -0.05) is 11.6 Å². The first-order chi connectivity index (χ1) is 10.5. The first-order valence-electron chi connectivity index (χ1n) is 6.41. The van der Waals surface area contributed by atoms with Crippen LogP contribution in [0.5, 0.6) is 5.75 Å². The van der Waals surface area contributed by atoms with Crippen molar-refractivity contribution >= 4 is 29.1 Å². The van der Waals surface area contributed by atoms with Gasteiger partial charge in [-0.2, -0.15) is 5.10 Å². The molecule has 0 aliphatic heterocycles. The lowest BCUT2D eigenvalue weighted by molar-refractivity contribution is -0.136. The predicted molar refractivity (Wildman–Crippen MR) is 81.7 cm³/mol. The highest BCUT2D eigenvalue weighted by atomic mass is 35.5. The first-order valence-corrected chi connectivity index (χ1v) is 6.78. The molecule has 1 heterocycles. The molecule has 0 bridgehead atoms. The summed E-state index contributed by atoms with van der Waals surface area (Å²) in [7, 11) is 3.24. The molecular formula is C14H15ClN4O3. The number of aromatic nitrogens is 2. The number of anilines is 1. The Morgan fingerprint density at radius 3 is 2.73 bits per heavy atom. The van der Waals surface area contributed by atoms with Gasteiger partial charge in [-0.05, 0) is 18.2 Å². The minimum atomic E-state index is -0.808. The minimum absolute atomic E-state index is 0.203. The lowest BCUT2D eigenvalue weighted by Crippen LogP contribution is -2.35. The number of benzene rings is 1. The molecule has 0 saturated carbocycles. The van der Waals surface area contributed by atoms with Crippen molar-refractivity contribution in [3.05, 3.63) is 41.2 Å². The monoisotopic (exact) mass is 322 g/mol. The van der Waals surface area contributed by atoms with Crippen molar-refractivity contribution in [1.82, 2.24) is 15.1 Å². The number of rotatable bonds is 4. The van der Waals surface area contributed by atoms with Crippen molar-refractivity contribution in [3.8, 4) is 5.75 Å². The number of hydrogen-bond donors (Lipinski definition) is 2. The summed E-state index contributed by atoms with van der Waals surface area (Å²) < 4.78 is 6.65. The molecule has 0 radical (unpaired) electrons. The summed E-state index contributed by atoms with van der Waals surface area (Å²) in [5.74, 6) is -1.05. The van der Waals surface area contributed by atoms with Crippen molar-refractivity contribution < 1.29 is 14.3 Å². The van der Waals surface area contributed by atoms with Crippen LogP contribution in [0.4, 0.5) is 5.69 Å². The standard InChI is InChI=1S/C14H15ClN4O3/c1-19-9(5-6-17-19)8-16-13(20)14(21)18-12-7-10(22-2)3-4-11(12)15/h3-7H,8H2,1-2H3,(H,16,20)(H,18,21). The van der Waals surface area contributed by atoms with Gasteiger partial charge in [-0.15, -0.1) is 0 Å². The van der Waals surface area contributed by atoms with E-state index in [1.807, 2.05) is 0 Å². The highest BCUT2D eigenvalue weighted by Crippen LogP contribution is 2.26. The molecule has 2 rings (SSSR count). The largest absolute Gasteiger partial charge is 0.497 e. The van der Waals surface area contributed by atoms with Crippen LogP contribution in [0, 0.1) is 0 Å². The summed E-state index contributed by atoms with van der Waals surface area (Å²) in [5.41, 5.74) is 1.09. The minimum Gasteiger partial charge on any atom is -0.497 e. The Labute approximate surface area is 132 Å². The van der Waals surface area contributed by atoms with Crippen molar-refractivity contribution in [1.29, 1.82) is 0 Å². The second-order valence-electron chi connectivity index (χ2n) is 4.43. The number of hydrogen-bond acceptors (Lipinski definition) is 4. The number of halogens is 1. The second-order valence-corrected chi connectivity index (χ2v) is 4.84. The third-order valence-corrected chi connectivity index (χ3v) is 3.31. The van der Waals surface area contributed by atoms with Crippen LogP contribution in [-0.4, -0.2) is 28.7 Å². The van der Waals surface area contributed by atoms with Gasteiger partial charge in [-0.25, -0.2) is 0 Å². The van der Waals surface area contributed by atoms with Crippen LogP contribution >= 0.6 is 11.6 Å². The van der Waals surface area contributed by atoms with Crippen LogP contribution in [0.2, 0.25) is 5.02 Å². The van der Waals surface area contributed by atoms with E-state index < -0.39 is 11.8 Å². The van der Waals surface area contributed by atoms with Crippen molar-refractivity contribution in [2.75, 3.05) is 12.4 Å². The van der Waals surface area contributed by atoms with Crippen LogP contribution in [0.25, 0.3) is 0 Å². The van der Waals surface area contributed by atoms with Gasteiger partial charge in [0.25, 0.3) is 0 Å². The van der Waals surface area contributed by atoms with Crippen molar-refractivity contribution in [2.45, 2.75) is 6.54 Å². The number of amides is 2. The molecule has 0 atom stereocenters. The van der Waals surface area contributed by atoms with Gasteiger partial charge >= 0.3 is 11.8 Å². The SMILES string of the molecule is COc1ccc(Cl)c(NC(=O)C(=O)NCc2ccnn2C)c1. The first kappa shape index (κ1) is 15.8. The number of methoxy groups -OCH3 is 1. The van der Waals surface area contributed by atoms with E-state index in [4.69, 9.17) is 16.3 Å². The molecule has 2 N–H and O–H groups in total. The zero-order valence-electron chi connectivity index (χ0n) is 12.1. The molecule has 2 aromatic rings. The maximum absolute atomic E-state index is 11.9. The topological polar surface area (TPSA) is 85.2 Å². The van der Waals surface area contributed by atoms with Crippen molar-refractivity contribution in [2.24, 2.45) is 7.05 Å². The Balaban J connectivity index is 1.97. The van der Waals surface area contributed by atoms with Gasteiger partial charge in [0.1, 0.15) is 5.75 Å². The highest BCUT2D eigenvalue weighted by Gasteiger charge is 2.15. The predicted octanol–water partition coefficient (Wildman–Crippen LogP) is 1.34. The second kappa shape index (κ2) is 6.95. The molecule has 22 heavy (non-hydrogen) atoms. The summed E-state index contributed by atoms with van der Waals surface area (Å²) in [4.78, 5) is 23.7. The van der Waals surface area contributed by atoms with Crippen LogP contribution in [0.1, 0.15) is 5.69 Å². The molecule has 0 fully saturated rings. The van der Waals surface area contributed by atoms with Gasteiger partial charge in [-0.3, -0.25) is 14.3 Å². The summed E-state index contributed by atoms with van der Waals surface area (Å²) in [5, 5.41) is 9.24. The zero-order valence-corrected chi connectivity index (χ0v) is 12.8. The van der Waals surface area contributed by atoms with Gasteiger partial charge in [0.15, 0.2) is 0 Å². The van der Waals surface area contributed by atoms with Crippen LogP contribution in [0.3, 0.4) is 0 Å². The number of ether oxygens (including phenoxy) is 1. The van der Waals surface area contributed by atoms with E-state index in [0.717, 1.165) is 5.69 Å². The third-order valence-electron chi connectivity index (χ3n) is 2.98. The molecule has 7 nitrogen and oxygen atoms in total. The summed E-state index contributed by atoms with van der Waals surface area (Å²) in [6.07, 6.45) is 1.61. The Hall–Kier alpha value is -2.54. The smallest absolute Gasteiger partial charge is 0.313 e. The Bertz CT molecular complexity index is 699. The molecule has 0 unspecified atom stereocenters. The number of aryl methyl sites for hydroxylation is 1. The number of carbonyl (C=O) groups excluding carboxylic acids is 2. The Morgan fingerprint density at radius 2 is 2.09 bits per heavy atom. The fraction of sp³-hybridized carbons (Fsp3) is 0.214. The molecule has 0 saturated heterocycles. The van der Waals surface area contributed by atoms with E-state index in [0.29, 0.717) is 16.5 Å². The summed E-state index contributed by atoms with van der Waals surface area (Å²) in [6.45, 7) is 0.203. The zero-order chi connectivity index (χ0) is 16.1. The van der Waals surface area contributed by atoms with E-state index in [1.54, 1.807) is 36.1 Å². The molecule has 1 aromatic carbocycles. The van der Waals surface area contributed by atoms with Crippen LogP contribution in [-0.2, 0) is 23.2 Å². The van der Waals surface area contributed by atoms with Crippen LogP contribution < -0.4 is 15.4 Å². The maximum Gasteiger partial charge on any atom is 0.313 e. The normalized spacial score (nSPS) is 10.1. The van der Waals surface area contributed by atoms with Gasteiger partial charge in [0, 0.05) is 19.3 Å². The molecule has 0 spiro atoms. The summed E-state index contributed by atoms with van der Waals surface area (Å²) >= 11 is 5.97. The Kier molecular flexibility index (Phi) is 5.00. The fourth-order valence-electron chi connectivity index (χ4n) is 1.73. The van der Waals surface area contributed by atoms with E-state index >= 15 is 0 Å². The lowest BCUT2D eigenvalue weighted by atomic mass is 10.3. The fourth-order valence-corrected chi connectivity index (χ4v) is 1.90. The lowest BCUT2D eigenvalue weighted by Gasteiger charge is -2.09. The number of nitrogens with one attached hydrogen (secondary N) is 2. The van der Waals surface area contributed by atoms with E-state index in [-0.39, 0.29) is 6.54 Å². The molecule has 116 valence electrons. The molecule has 8 heteroatoms. The Morgan fingerprint density at radius 1 is 1.32 bits per heavy atom. The molecule has 1 aromatic heterocycles. The van der Waals surface area contributed by atoms with Gasteiger partial charge in [0.2, 0.25) is 0 Å². The van der Waals surface area contributed by atoms with Crippen LogP contribution in [0.15, 0.2) is 30.5 Å². The van der Waals surface area contributed by atoms with Gasteiger partial charge in [0.05, 0.1) is 30.1 Å². The maximum atomic E-state index is 11.9. The van der Waals surface area contributed by atoms with Crippen molar-refractivity contribution in [3.63, 3.8) is 0 Å². The average Bonchev–Trinajstić information content (AvgIpc) is 2.92. The molecular weight excluding hydrogens is 308 g/mol. The van der Waals surface area contributed by atoms with E-state index in [9.17, 15) is 9.59 Å². The molecule has 0 aliphatic carbocycles. The van der Waals surface area contributed by atoms with E-state index in [1.165, 1.54) is 13.2 Å². The molecule has 0 aliphatic rings. The highest BCUT2D eigenvalue weighted by molar-refractivity contribution is 6.41. The third kappa shape index (κ3) is 3.76. The quantitative estimate of drug-likeness (QED) is 0.832. The molecule has 2 amide bonds. The summed E-state index contributed by atoms with van der Waals surface area (Å²) in [6, 6.07) is 6.51.